The van der Waals surface area contributed by atoms with Gasteiger partial charge in [0.05, 0.1) is 18.1 Å². The van der Waals surface area contributed by atoms with Gasteiger partial charge in [-0.3, -0.25) is 4.79 Å². The Morgan fingerprint density at radius 2 is 1.85 bits per heavy atom. The van der Waals surface area contributed by atoms with Crippen molar-refractivity contribution < 1.29 is 33.3 Å². The quantitative estimate of drug-likeness (QED) is 0.245. The van der Waals surface area contributed by atoms with E-state index >= 15 is 0 Å². The number of carbonyl (C=O) groups is 3. The lowest BCUT2D eigenvalue weighted by Gasteiger charge is -2.27. The molecule has 0 saturated carbocycles. The predicted octanol–water partition coefficient (Wildman–Crippen LogP) is 2.01. The predicted molar refractivity (Wildman–Crippen MR) is 94.4 cm³/mol. The fourth-order valence-corrected chi connectivity index (χ4v) is 3.61. The van der Waals surface area contributed by atoms with E-state index in [4.69, 9.17) is 18.9 Å². The van der Waals surface area contributed by atoms with E-state index in [9.17, 15) is 14.4 Å². The Kier molecular flexibility index (Phi) is 5.24. The molecule has 0 aromatic carbocycles. The molecular formula is C20H24O7. The molecule has 0 aromatic rings. The van der Waals surface area contributed by atoms with Crippen LogP contribution in [-0.2, 0) is 33.3 Å². The van der Waals surface area contributed by atoms with E-state index in [1.54, 1.807) is 13.0 Å². The van der Waals surface area contributed by atoms with Gasteiger partial charge in [-0.15, -0.1) is 0 Å². The van der Waals surface area contributed by atoms with E-state index in [1.165, 1.54) is 6.92 Å². The zero-order valence-electron chi connectivity index (χ0n) is 15.7. The van der Waals surface area contributed by atoms with Gasteiger partial charge < -0.3 is 18.9 Å². The van der Waals surface area contributed by atoms with Crippen molar-refractivity contribution >= 4 is 17.9 Å². The van der Waals surface area contributed by atoms with Gasteiger partial charge in [-0.1, -0.05) is 13.2 Å². The second-order valence-corrected chi connectivity index (χ2v) is 7.34. The van der Waals surface area contributed by atoms with Gasteiger partial charge in [-0.05, 0) is 25.5 Å². The van der Waals surface area contributed by atoms with Crippen LogP contribution in [0.4, 0.5) is 0 Å². The summed E-state index contributed by atoms with van der Waals surface area (Å²) in [5.41, 5.74) is 1.28. The van der Waals surface area contributed by atoms with Gasteiger partial charge in [-0.2, -0.15) is 0 Å². The first-order valence-corrected chi connectivity index (χ1v) is 8.94. The standard InChI is InChI=1S/C20H24O7/c1-9(2)19(22)26-17-8-15-14(25-15)7-13(24-12(5)21)10(3)6-16-18(17)11(4)20(23)27-16/h6,13-18H,1,4,7-8H2,2-3,5H3. The number of esters is 3. The van der Waals surface area contributed by atoms with Gasteiger partial charge in [0.15, 0.2) is 0 Å². The van der Waals surface area contributed by atoms with Crippen molar-refractivity contribution in [1.29, 1.82) is 0 Å². The summed E-state index contributed by atoms with van der Waals surface area (Å²) in [4.78, 5) is 35.7. The summed E-state index contributed by atoms with van der Waals surface area (Å²) in [5.74, 6) is -1.98. The Morgan fingerprint density at radius 1 is 1.19 bits per heavy atom. The normalized spacial score (nSPS) is 35.1. The van der Waals surface area contributed by atoms with Gasteiger partial charge in [0.25, 0.3) is 0 Å². The van der Waals surface area contributed by atoms with Crippen LogP contribution in [0, 0.1) is 5.92 Å². The van der Waals surface area contributed by atoms with Gasteiger partial charge in [-0.25, -0.2) is 9.59 Å². The molecule has 6 unspecified atom stereocenters. The number of hydrogen-bond acceptors (Lipinski definition) is 7. The monoisotopic (exact) mass is 376 g/mol. The summed E-state index contributed by atoms with van der Waals surface area (Å²) in [7, 11) is 0. The van der Waals surface area contributed by atoms with Gasteiger partial charge in [0.1, 0.15) is 18.3 Å². The van der Waals surface area contributed by atoms with E-state index in [-0.39, 0.29) is 29.3 Å². The average Bonchev–Trinajstić information content (AvgIpc) is 3.23. The van der Waals surface area contributed by atoms with Crippen molar-refractivity contribution in [2.75, 3.05) is 0 Å². The molecule has 7 nitrogen and oxygen atoms in total. The number of rotatable bonds is 3. The number of fused-ring (bicyclic) bond motifs is 2. The maximum absolute atomic E-state index is 12.1. The van der Waals surface area contributed by atoms with Crippen molar-refractivity contribution in [3.8, 4) is 0 Å². The molecule has 146 valence electrons. The molecular weight excluding hydrogens is 352 g/mol. The SMILES string of the molecule is C=C(C)C(=O)OC1CC2OC2CC(OC(C)=O)C(C)=CC2OC(=O)C(=C)C21. The molecule has 0 aromatic heterocycles. The lowest BCUT2D eigenvalue weighted by molar-refractivity contribution is -0.148. The van der Waals surface area contributed by atoms with Crippen molar-refractivity contribution in [3.63, 3.8) is 0 Å². The highest BCUT2D eigenvalue weighted by Gasteiger charge is 2.50. The van der Waals surface area contributed by atoms with Crippen LogP contribution in [0.3, 0.4) is 0 Å². The highest BCUT2D eigenvalue weighted by Crippen LogP contribution is 2.41. The van der Waals surface area contributed by atoms with Crippen LogP contribution < -0.4 is 0 Å². The molecule has 0 spiro atoms. The number of ether oxygens (including phenoxy) is 4. The van der Waals surface area contributed by atoms with Crippen molar-refractivity contribution in [2.24, 2.45) is 5.92 Å². The minimum atomic E-state index is -0.652. The van der Waals surface area contributed by atoms with Gasteiger partial charge >= 0.3 is 17.9 Å². The first-order valence-electron chi connectivity index (χ1n) is 8.94. The number of carbonyl (C=O) groups excluding carboxylic acids is 3. The summed E-state index contributed by atoms with van der Waals surface area (Å²) in [6.07, 6.45) is 0.662. The highest BCUT2D eigenvalue weighted by atomic mass is 16.6. The summed E-state index contributed by atoms with van der Waals surface area (Å²) in [6.45, 7) is 12.2. The molecule has 0 amide bonds. The molecule has 1 aliphatic carbocycles. The van der Waals surface area contributed by atoms with Crippen LogP contribution in [-0.4, -0.2) is 48.4 Å². The molecule has 2 fully saturated rings. The first kappa shape index (κ1) is 19.4. The van der Waals surface area contributed by atoms with E-state index in [2.05, 4.69) is 13.2 Å². The van der Waals surface area contributed by atoms with Gasteiger partial charge in [0, 0.05) is 30.9 Å². The Bertz CT molecular complexity index is 735. The molecule has 6 atom stereocenters. The second kappa shape index (κ2) is 7.31. The summed E-state index contributed by atoms with van der Waals surface area (Å²) >= 11 is 0. The average molecular weight is 376 g/mol. The third kappa shape index (κ3) is 4.13. The van der Waals surface area contributed by atoms with E-state index in [0.29, 0.717) is 12.8 Å². The lowest BCUT2D eigenvalue weighted by atomic mass is 9.85. The molecule has 2 heterocycles. The molecule has 0 radical (unpaired) electrons. The molecule has 3 rings (SSSR count). The summed E-state index contributed by atoms with van der Waals surface area (Å²) in [6, 6.07) is 0. The zero-order chi connectivity index (χ0) is 19.9. The van der Waals surface area contributed by atoms with Crippen LogP contribution >= 0.6 is 0 Å². The smallest absolute Gasteiger partial charge is 0.334 e. The lowest BCUT2D eigenvalue weighted by Crippen LogP contribution is -2.35. The molecule has 27 heavy (non-hydrogen) atoms. The zero-order valence-corrected chi connectivity index (χ0v) is 15.7. The van der Waals surface area contributed by atoms with E-state index in [1.807, 2.05) is 6.92 Å². The third-order valence-corrected chi connectivity index (χ3v) is 5.11. The molecule has 2 saturated heterocycles. The third-order valence-electron chi connectivity index (χ3n) is 5.11. The summed E-state index contributed by atoms with van der Waals surface area (Å²) < 4.78 is 22.2. The maximum Gasteiger partial charge on any atom is 0.334 e. The Labute approximate surface area is 158 Å². The first-order chi connectivity index (χ1) is 12.7. The fraction of sp³-hybridized carbons (Fsp3) is 0.550. The fourth-order valence-electron chi connectivity index (χ4n) is 3.61. The van der Waals surface area contributed by atoms with Crippen LogP contribution in [0.1, 0.15) is 33.6 Å². The Balaban J connectivity index is 1.94. The minimum absolute atomic E-state index is 0.105. The van der Waals surface area contributed by atoms with Gasteiger partial charge in [0.2, 0.25) is 0 Å². The Hall–Kier alpha value is -2.41. The molecule has 2 aliphatic heterocycles. The van der Waals surface area contributed by atoms with Crippen LogP contribution in [0.5, 0.6) is 0 Å². The maximum atomic E-state index is 12.1. The topological polar surface area (TPSA) is 91.4 Å². The minimum Gasteiger partial charge on any atom is -0.458 e. The molecule has 7 heteroatoms. The highest BCUT2D eigenvalue weighted by molar-refractivity contribution is 5.91. The molecule has 0 N–H and O–H groups in total. The number of hydrogen-bond donors (Lipinski definition) is 0. The van der Waals surface area contributed by atoms with Crippen molar-refractivity contribution in [3.05, 3.63) is 36.0 Å². The van der Waals surface area contributed by atoms with Crippen molar-refractivity contribution in [1.82, 2.24) is 0 Å². The van der Waals surface area contributed by atoms with E-state index < -0.39 is 36.2 Å². The van der Waals surface area contributed by atoms with Crippen LogP contribution in [0.15, 0.2) is 36.0 Å². The van der Waals surface area contributed by atoms with Crippen LogP contribution in [0.2, 0.25) is 0 Å². The second-order valence-electron chi connectivity index (χ2n) is 7.34. The van der Waals surface area contributed by atoms with E-state index in [0.717, 1.165) is 5.57 Å². The number of epoxide rings is 1. The van der Waals surface area contributed by atoms with Crippen LogP contribution in [0.25, 0.3) is 0 Å². The Morgan fingerprint density at radius 3 is 2.48 bits per heavy atom. The summed E-state index contributed by atoms with van der Waals surface area (Å²) in [5, 5.41) is 0. The molecule has 3 aliphatic rings. The largest absolute Gasteiger partial charge is 0.458 e. The molecule has 0 bridgehead atoms. The van der Waals surface area contributed by atoms with Crippen molar-refractivity contribution in [2.45, 2.75) is 64.1 Å².